The lowest BCUT2D eigenvalue weighted by atomic mass is 9.85. The van der Waals surface area contributed by atoms with E-state index in [0.717, 1.165) is 18.7 Å². The van der Waals surface area contributed by atoms with Gasteiger partial charge in [-0.1, -0.05) is 12.1 Å². The summed E-state index contributed by atoms with van der Waals surface area (Å²) in [4.78, 5) is 2.34. The van der Waals surface area contributed by atoms with Gasteiger partial charge in [0.1, 0.15) is 5.75 Å². The normalized spacial score (nSPS) is 25.8. The minimum atomic E-state index is 0.265. The maximum Gasteiger partial charge on any atom is 0.118 e. The number of aliphatic hydroxyl groups excluding tert-OH is 1. The molecule has 1 aromatic rings. The molecular weight excluding hydrogens is 214 g/mol. The van der Waals surface area contributed by atoms with Gasteiger partial charge in [0.15, 0.2) is 0 Å². The van der Waals surface area contributed by atoms with Crippen molar-refractivity contribution in [3.8, 4) is 5.75 Å². The molecule has 1 fully saturated rings. The third-order valence-corrected chi connectivity index (χ3v) is 3.70. The van der Waals surface area contributed by atoms with Crippen LogP contribution in [0.3, 0.4) is 0 Å². The van der Waals surface area contributed by atoms with Crippen molar-refractivity contribution in [1.82, 2.24) is 4.90 Å². The lowest BCUT2D eigenvalue weighted by Crippen LogP contribution is -2.37. The van der Waals surface area contributed by atoms with Crippen LogP contribution in [0.4, 0.5) is 0 Å². The number of likely N-dealkylation sites (tertiary alicyclic amines) is 1. The Morgan fingerprint density at radius 3 is 2.65 bits per heavy atom. The predicted molar refractivity (Wildman–Crippen MR) is 68.2 cm³/mol. The first kappa shape index (κ1) is 12.4. The highest BCUT2D eigenvalue weighted by atomic mass is 16.5. The Morgan fingerprint density at radius 2 is 2.06 bits per heavy atom. The minimum Gasteiger partial charge on any atom is -0.497 e. The Balaban J connectivity index is 2.21. The zero-order chi connectivity index (χ0) is 12.3. The van der Waals surface area contributed by atoms with Crippen LogP contribution in [0.2, 0.25) is 0 Å². The van der Waals surface area contributed by atoms with E-state index < -0.39 is 0 Å². The van der Waals surface area contributed by atoms with Gasteiger partial charge in [-0.3, -0.25) is 4.90 Å². The Morgan fingerprint density at radius 1 is 1.35 bits per heavy atom. The van der Waals surface area contributed by atoms with E-state index in [1.54, 1.807) is 7.11 Å². The molecule has 0 amide bonds. The molecule has 0 unspecified atom stereocenters. The summed E-state index contributed by atoms with van der Waals surface area (Å²) in [5.41, 5.74) is 1.27. The molecule has 1 N–H and O–H groups in total. The molecule has 0 aromatic heterocycles. The van der Waals surface area contributed by atoms with Crippen LogP contribution in [0.25, 0.3) is 0 Å². The molecule has 2 atom stereocenters. The average molecular weight is 235 g/mol. The number of aliphatic hydroxyl groups is 1. The standard InChI is InChI=1S/C14H21NO2/c1-15-9-3-4-12(10-16)14(15)11-5-7-13(17-2)8-6-11/h5-8,12,14,16H,3-4,9-10H2,1-2H3/t12-,14-/m0/s1. The molecule has 3 nitrogen and oxygen atoms in total. The molecule has 2 rings (SSSR count). The maximum absolute atomic E-state index is 9.49. The monoisotopic (exact) mass is 235 g/mol. The van der Waals surface area contributed by atoms with Gasteiger partial charge in [0.2, 0.25) is 0 Å². The first-order chi connectivity index (χ1) is 8.26. The third kappa shape index (κ3) is 2.61. The quantitative estimate of drug-likeness (QED) is 0.870. The molecule has 94 valence electrons. The summed E-state index contributed by atoms with van der Waals surface area (Å²) in [5, 5.41) is 9.49. The highest BCUT2D eigenvalue weighted by Crippen LogP contribution is 2.35. The Bertz CT molecular complexity index is 350. The van der Waals surface area contributed by atoms with Gasteiger partial charge in [0.05, 0.1) is 7.11 Å². The summed E-state index contributed by atoms with van der Waals surface area (Å²) < 4.78 is 5.17. The first-order valence-corrected chi connectivity index (χ1v) is 6.21. The summed E-state index contributed by atoms with van der Waals surface area (Å²) >= 11 is 0. The fourth-order valence-corrected chi connectivity index (χ4v) is 2.78. The number of ether oxygens (including phenoxy) is 1. The Labute approximate surface area is 103 Å². The van der Waals surface area contributed by atoms with Gasteiger partial charge in [0, 0.05) is 18.6 Å². The molecule has 0 bridgehead atoms. The van der Waals surface area contributed by atoms with Crippen LogP contribution in [0, 0.1) is 5.92 Å². The number of piperidine rings is 1. The summed E-state index contributed by atoms with van der Waals surface area (Å²) in [6.07, 6.45) is 2.28. The smallest absolute Gasteiger partial charge is 0.118 e. The number of nitrogens with zero attached hydrogens (tertiary/aromatic N) is 1. The second-order valence-electron chi connectivity index (χ2n) is 4.78. The highest BCUT2D eigenvalue weighted by Gasteiger charge is 2.29. The number of methoxy groups -OCH3 is 1. The van der Waals surface area contributed by atoms with Crippen molar-refractivity contribution in [3.63, 3.8) is 0 Å². The summed E-state index contributed by atoms with van der Waals surface area (Å²) in [5.74, 6) is 1.23. The zero-order valence-electron chi connectivity index (χ0n) is 10.6. The van der Waals surface area contributed by atoms with Crippen molar-refractivity contribution < 1.29 is 9.84 Å². The molecule has 1 heterocycles. The number of hydrogen-bond donors (Lipinski definition) is 1. The molecule has 0 spiro atoms. The van der Waals surface area contributed by atoms with Crippen LogP contribution < -0.4 is 4.74 Å². The second-order valence-corrected chi connectivity index (χ2v) is 4.78. The topological polar surface area (TPSA) is 32.7 Å². The van der Waals surface area contributed by atoms with Gasteiger partial charge in [-0.2, -0.15) is 0 Å². The predicted octanol–water partition coefficient (Wildman–Crippen LogP) is 2.07. The third-order valence-electron chi connectivity index (χ3n) is 3.70. The fraction of sp³-hybridized carbons (Fsp3) is 0.571. The Hall–Kier alpha value is -1.06. The van der Waals surface area contributed by atoms with Gasteiger partial charge in [-0.15, -0.1) is 0 Å². The van der Waals surface area contributed by atoms with E-state index in [1.807, 2.05) is 12.1 Å². The van der Waals surface area contributed by atoms with Crippen LogP contribution in [0.1, 0.15) is 24.4 Å². The molecule has 1 saturated heterocycles. The van der Waals surface area contributed by atoms with Crippen LogP contribution in [-0.4, -0.2) is 37.3 Å². The van der Waals surface area contributed by atoms with Crippen molar-refractivity contribution >= 4 is 0 Å². The van der Waals surface area contributed by atoms with Gasteiger partial charge in [-0.25, -0.2) is 0 Å². The molecule has 0 aliphatic carbocycles. The number of hydrogen-bond acceptors (Lipinski definition) is 3. The van der Waals surface area contributed by atoms with Crippen LogP contribution in [0.5, 0.6) is 5.75 Å². The molecule has 17 heavy (non-hydrogen) atoms. The minimum absolute atomic E-state index is 0.265. The first-order valence-electron chi connectivity index (χ1n) is 6.21. The van der Waals surface area contributed by atoms with E-state index in [-0.39, 0.29) is 6.61 Å². The second kappa shape index (κ2) is 5.52. The number of rotatable bonds is 3. The van der Waals surface area contributed by atoms with Crippen molar-refractivity contribution in [2.75, 3.05) is 27.3 Å². The van der Waals surface area contributed by atoms with Gasteiger partial charge >= 0.3 is 0 Å². The van der Waals surface area contributed by atoms with Crippen molar-refractivity contribution in [2.24, 2.45) is 5.92 Å². The van der Waals surface area contributed by atoms with Gasteiger partial charge < -0.3 is 9.84 Å². The summed E-state index contributed by atoms with van der Waals surface area (Å²) in [6, 6.07) is 8.53. The van der Waals surface area contributed by atoms with E-state index >= 15 is 0 Å². The summed E-state index contributed by atoms with van der Waals surface area (Å²) in [7, 11) is 3.81. The maximum atomic E-state index is 9.49. The fourth-order valence-electron chi connectivity index (χ4n) is 2.78. The van der Waals surface area contributed by atoms with Gasteiger partial charge in [0.25, 0.3) is 0 Å². The van der Waals surface area contributed by atoms with Crippen LogP contribution in [-0.2, 0) is 0 Å². The zero-order valence-corrected chi connectivity index (χ0v) is 10.6. The summed E-state index contributed by atoms with van der Waals surface area (Å²) in [6.45, 7) is 1.37. The van der Waals surface area contributed by atoms with Crippen molar-refractivity contribution in [2.45, 2.75) is 18.9 Å². The average Bonchev–Trinajstić information content (AvgIpc) is 2.38. The number of benzene rings is 1. The van der Waals surface area contributed by atoms with Crippen molar-refractivity contribution in [1.29, 1.82) is 0 Å². The van der Waals surface area contributed by atoms with Gasteiger partial charge in [-0.05, 0) is 44.1 Å². The van der Waals surface area contributed by atoms with E-state index in [2.05, 4.69) is 24.1 Å². The van der Waals surface area contributed by atoms with E-state index in [0.29, 0.717) is 12.0 Å². The molecule has 1 aliphatic rings. The van der Waals surface area contributed by atoms with Crippen LogP contribution >= 0.6 is 0 Å². The Kier molecular flexibility index (Phi) is 4.02. The molecular formula is C14H21NO2. The van der Waals surface area contributed by atoms with E-state index in [1.165, 1.54) is 12.0 Å². The molecule has 1 aliphatic heterocycles. The molecule has 3 heteroatoms. The van der Waals surface area contributed by atoms with Crippen molar-refractivity contribution in [3.05, 3.63) is 29.8 Å². The highest BCUT2D eigenvalue weighted by molar-refractivity contribution is 5.29. The largest absolute Gasteiger partial charge is 0.497 e. The van der Waals surface area contributed by atoms with Crippen LogP contribution in [0.15, 0.2) is 24.3 Å². The lowest BCUT2D eigenvalue weighted by molar-refractivity contribution is 0.0742. The molecule has 1 aromatic carbocycles. The van der Waals surface area contributed by atoms with E-state index in [9.17, 15) is 5.11 Å². The molecule has 0 saturated carbocycles. The molecule has 0 radical (unpaired) electrons. The van der Waals surface area contributed by atoms with E-state index in [4.69, 9.17) is 4.74 Å². The SMILES string of the molecule is COc1ccc([C@H]2[C@H](CO)CCCN2C)cc1. The lowest BCUT2D eigenvalue weighted by Gasteiger charge is -2.38.